The van der Waals surface area contributed by atoms with E-state index >= 15 is 0 Å². The van der Waals surface area contributed by atoms with E-state index in [1.54, 1.807) is 0 Å². The average molecular weight is 238 g/mol. The lowest BCUT2D eigenvalue weighted by atomic mass is 10.2. The lowest BCUT2D eigenvalue weighted by Gasteiger charge is -2.24. The summed E-state index contributed by atoms with van der Waals surface area (Å²) in [4.78, 5) is 4.72. The molecule has 0 aliphatic carbocycles. The number of nitrogens with zero attached hydrogens (tertiary/aromatic N) is 3. The second-order valence-corrected chi connectivity index (χ2v) is 4.96. The molecule has 0 radical (unpaired) electrons. The zero-order valence-electron chi connectivity index (χ0n) is 10.7. The fourth-order valence-electron chi connectivity index (χ4n) is 2.43. The third-order valence-electron chi connectivity index (χ3n) is 3.44. The first-order valence-electron chi connectivity index (χ1n) is 6.22. The molecule has 0 amide bonds. The summed E-state index contributed by atoms with van der Waals surface area (Å²) in [6.07, 6.45) is 2.61. The van der Waals surface area contributed by atoms with Crippen LogP contribution in [0.5, 0.6) is 0 Å². The van der Waals surface area contributed by atoms with E-state index in [-0.39, 0.29) is 0 Å². The highest BCUT2D eigenvalue weighted by Gasteiger charge is 2.22. The van der Waals surface area contributed by atoms with Crippen molar-refractivity contribution in [2.75, 3.05) is 27.2 Å². The smallest absolute Gasteiger partial charge is 0.151 e. The normalized spacial score (nSPS) is 21.5. The van der Waals surface area contributed by atoms with E-state index in [1.165, 1.54) is 19.4 Å². The van der Waals surface area contributed by atoms with Gasteiger partial charge in [-0.25, -0.2) is 0 Å². The Hall–Kier alpha value is -0.910. The van der Waals surface area contributed by atoms with Crippen molar-refractivity contribution in [1.82, 2.24) is 15.0 Å². The van der Waals surface area contributed by atoms with Crippen molar-refractivity contribution in [3.05, 3.63) is 17.5 Å². The number of rotatable bonds is 5. The highest BCUT2D eigenvalue weighted by molar-refractivity contribution is 5.04. The lowest BCUT2D eigenvalue weighted by molar-refractivity contribution is 0.200. The molecule has 1 saturated heterocycles. The third kappa shape index (κ3) is 3.28. The van der Waals surface area contributed by atoms with E-state index in [9.17, 15) is 0 Å². The van der Waals surface area contributed by atoms with Crippen LogP contribution in [0.2, 0.25) is 0 Å². The van der Waals surface area contributed by atoms with Gasteiger partial charge in [-0.1, -0.05) is 5.16 Å². The third-order valence-corrected chi connectivity index (χ3v) is 3.44. The number of likely N-dealkylation sites (tertiary alicyclic amines) is 1. The SMILES string of the molecule is CN(Cc1cc(CN)no1)CC1CCCN1C. The molecule has 1 unspecified atom stereocenters. The average Bonchev–Trinajstić information content (AvgIpc) is 2.89. The summed E-state index contributed by atoms with van der Waals surface area (Å²) >= 11 is 0. The molecule has 5 heteroatoms. The predicted molar refractivity (Wildman–Crippen MR) is 66.4 cm³/mol. The summed E-state index contributed by atoms with van der Waals surface area (Å²) in [6.45, 7) is 3.54. The maximum Gasteiger partial charge on any atom is 0.151 e. The van der Waals surface area contributed by atoms with Crippen LogP contribution in [0.4, 0.5) is 0 Å². The number of hydrogen-bond donors (Lipinski definition) is 1. The molecule has 1 aromatic heterocycles. The fourth-order valence-corrected chi connectivity index (χ4v) is 2.43. The van der Waals surface area contributed by atoms with E-state index < -0.39 is 0 Å². The molecule has 0 saturated carbocycles. The molecule has 17 heavy (non-hydrogen) atoms. The van der Waals surface area contributed by atoms with Crippen molar-refractivity contribution in [1.29, 1.82) is 0 Å². The van der Waals surface area contributed by atoms with Crippen molar-refractivity contribution in [3.8, 4) is 0 Å². The maximum atomic E-state index is 5.50. The zero-order valence-corrected chi connectivity index (χ0v) is 10.7. The molecule has 1 fully saturated rings. The van der Waals surface area contributed by atoms with Gasteiger partial charge in [0.15, 0.2) is 5.76 Å². The van der Waals surface area contributed by atoms with Crippen molar-refractivity contribution in [3.63, 3.8) is 0 Å². The Morgan fingerprint density at radius 3 is 3.06 bits per heavy atom. The molecular formula is C12H22N4O. The Bertz CT molecular complexity index is 352. The topological polar surface area (TPSA) is 58.5 Å². The second kappa shape index (κ2) is 5.62. The Labute approximate surface area is 103 Å². The summed E-state index contributed by atoms with van der Waals surface area (Å²) < 4.78 is 5.23. The van der Waals surface area contributed by atoms with Gasteiger partial charge in [-0.3, -0.25) is 4.90 Å². The Morgan fingerprint density at radius 2 is 2.47 bits per heavy atom. The number of likely N-dealkylation sites (N-methyl/N-ethyl adjacent to an activating group) is 2. The van der Waals surface area contributed by atoms with Crippen molar-refractivity contribution >= 4 is 0 Å². The largest absolute Gasteiger partial charge is 0.360 e. The number of nitrogens with two attached hydrogens (primary N) is 1. The summed E-state index contributed by atoms with van der Waals surface area (Å²) in [5, 5.41) is 3.90. The van der Waals surface area contributed by atoms with Gasteiger partial charge in [-0.05, 0) is 33.5 Å². The van der Waals surface area contributed by atoms with Crippen LogP contribution in [0.25, 0.3) is 0 Å². The first-order valence-corrected chi connectivity index (χ1v) is 6.22. The molecule has 1 aliphatic heterocycles. The van der Waals surface area contributed by atoms with Gasteiger partial charge >= 0.3 is 0 Å². The van der Waals surface area contributed by atoms with Crippen LogP contribution in [0.3, 0.4) is 0 Å². The van der Waals surface area contributed by atoms with E-state index in [0.29, 0.717) is 12.6 Å². The summed E-state index contributed by atoms with van der Waals surface area (Å²) in [6, 6.07) is 2.62. The molecule has 1 aliphatic rings. The molecule has 1 atom stereocenters. The van der Waals surface area contributed by atoms with Gasteiger partial charge in [0, 0.05) is 25.2 Å². The van der Waals surface area contributed by atoms with Crippen molar-refractivity contribution < 1.29 is 4.52 Å². The summed E-state index contributed by atoms with van der Waals surface area (Å²) in [5.74, 6) is 0.897. The standard InChI is InChI=1S/C12H22N4O/c1-15(8-11-4-3-5-16(11)2)9-12-6-10(7-13)14-17-12/h6,11H,3-5,7-9,13H2,1-2H3. The molecule has 2 rings (SSSR count). The highest BCUT2D eigenvalue weighted by atomic mass is 16.5. The van der Waals surface area contributed by atoms with Crippen molar-refractivity contribution in [2.24, 2.45) is 5.73 Å². The maximum absolute atomic E-state index is 5.50. The van der Waals surface area contributed by atoms with Gasteiger partial charge in [0.05, 0.1) is 12.2 Å². The van der Waals surface area contributed by atoms with Crippen LogP contribution in [0.1, 0.15) is 24.3 Å². The molecule has 0 bridgehead atoms. The van der Waals surface area contributed by atoms with Gasteiger partial charge in [-0.15, -0.1) is 0 Å². The zero-order chi connectivity index (χ0) is 12.3. The van der Waals surface area contributed by atoms with Crippen LogP contribution in [0.15, 0.2) is 10.6 Å². The Balaban J connectivity index is 1.82. The molecule has 5 nitrogen and oxygen atoms in total. The van der Waals surface area contributed by atoms with Gasteiger partial charge in [0.1, 0.15) is 0 Å². The van der Waals surface area contributed by atoms with Gasteiger partial charge in [0.2, 0.25) is 0 Å². The van der Waals surface area contributed by atoms with Gasteiger partial charge < -0.3 is 15.2 Å². The first kappa shape index (κ1) is 12.5. The van der Waals surface area contributed by atoms with Crippen LogP contribution in [0, 0.1) is 0 Å². The number of aromatic nitrogens is 1. The molecule has 96 valence electrons. The van der Waals surface area contributed by atoms with Crippen LogP contribution >= 0.6 is 0 Å². The van der Waals surface area contributed by atoms with E-state index in [0.717, 1.165) is 24.5 Å². The minimum atomic E-state index is 0.443. The minimum absolute atomic E-state index is 0.443. The Kier molecular flexibility index (Phi) is 4.15. The Morgan fingerprint density at radius 1 is 1.65 bits per heavy atom. The van der Waals surface area contributed by atoms with Crippen LogP contribution < -0.4 is 5.73 Å². The second-order valence-electron chi connectivity index (χ2n) is 4.96. The van der Waals surface area contributed by atoms with Gasteiger partial charge in [-0.2, -0.15) is 0 Å². The van der Waals surface area contributed by atoms with Crippen LogP contribution in [-0.2, 0) is 13.1 Å². The van der Waals surface area contributed by atoms with E-state index in [4.69, 9.17) is 10.3 Å². The molecule has 2 heterocycles. The highest BCUT2D eigenvalue weighted by Crippen LogP contribution is 2.16. The molecule has 0 aromatic carbocycles. The fraction of sp³-hybridized carbons (Fsp3) is 0.750. The molecule has 1 aromatic rings. The lowest BCUT2D eigenvalue weighted by Crippen LogP contribution is -2.36. The summed E-state index contributed by atoms with van der Waals surface area (Å²) in [5.41, 5.74) is 6.33. The van der Waals surface area contributed by atoms with Gasteiger partial charge in [0.25, 0.3) is 0 Å². The number of hydrogen-bond acceptors (Lipinski definition) is 5. The quantitative estimate of drug-likeness (QED) is 0.816. The summed E-state index contributed by atoms with van der Waals surface area (Å²) in [7, 11) is 4.32. The molecule has 0 spiro atoms. The van der Waals surface area contributed by atoms with E-state index in [2.05, 4.69) is 29.1 Å². The minimum Gasteiger partial charge on any atom is -0.360 e. The van der Waals surface area contributed by atoms with Crippen molar-refractivity contribution in [2.45, 2.75) is 32.0 Å². The monoisotopic (exact) mass is 238 g/mol. The first-order chi connectivity index (χ1) is 8.19. The predicted octanol–water partition coefficient (Wildman–Crippen LogP) is 0.659. The van der Waals surface area contributed by atoms with Crippen LogP contribution in [-0.4, -0.2) is 48.2 Å². The van der Waals surface area contributed by atoms with E-state index in [1.807, 2.05) is 6.07 Å². The molecular weight excluding hydrogens is 216 g/mol. The molecule has 2 N–H and O–H groups in total.